The van der Waals surface area contributed by atoms with Gasteiger partial charge in [-0.15, -0.1) is 0 Å². The number of para-hydroxylation sites is 1. The van der Waals surface area contributed by atoms with Crippen LogP contribution < -0.4 is 9.62 Å². The van der Waals surface area contributed by atoms with Gasteiger partial charge in [-0.2, -0.15) is 0 Å². The van der Waals surface area contributed by atoms with Crippen molar-refractivity contribution in [3.8, 4) is 0 Å². The number of hydrogen-bond acceptors (Lipinski definition) is 4. The van der Waals surface area contributed by atoms with E-state index in [0.717, 1.165) is 9.87 Å². The lowest BCUT2D eigenvalue weighted by Gasteiger charge is -2.34. The number of rotatable bonds is 13. The number of sulfonamides is 1. The number of hydrogen-bond donors (Lipinski definition) is 1. The average Bonchev–Trinajstić information content (AvgIpc) is 3.03. The molecule has 0 saturated carbocycles. The van der Waals surface area contributed by atoms with Crippen LogP contribution >= 0.6 is 34.8 Å². The summed E-state index contributed by atoms with van der Waals surface area (Å²) in [5.74, 6) is -1.04. The molecule has 4 rings (SSSR count). The zero-order chi connectivity index (χ0) is 32.6. The third-order valence-electron chi connectivity index (χ3n) is 7.39. The van der Waals surface area contributed by atoms with E-state index in [-0.39, 0.29) is 40.5 Å². The monoisotopic (exact) mass is 685 g/mol. The lowest BCUT2D eigenvalue weighted by Crippen LogP contribution is -2.54. The first-order valence-electron chi connectivity index (χ1n) is 14.4. The van der Waals surface area contributed by atoms with Crippen molar-refractivity contribution in [1.82, 2.24) is 10.2 Å². The molecule has 0 aliphatic heterocycles. The summed E-state index contributed by atoms with van der Waals surface area (Å²) >= 11 is 19.6. The molecule has 0 fully saturated rings. The van der Waals surface area contributed by atoms with Crippen LogP contribution in [0.1, 0.15) is 31.4 Å². The second kappa shape index (κ2) is 15.6. The Morgan fingerprint density at radius 2 is 1.33 bits per heavy atom. The molecule has 0 spiro atoms. The Labute approximate surface area is 279 Å². The molecule has 2 amide bonds. The lowest BCUT2D eigenvalue weighted by atomic mass is 10.0. The van der Waals surface area contributed by atoms with Gasteiger partial charge in [0.05, 0.1) is 15.6 Å². The summed E-state index contributed by atoms with van der Waals surface area (Å²) in [6.45, 7) is 3.02. The first kappa shape index (κ1) is 34.3. The minimum atomic E-state index is -4.27. The molecule has 1 N–H and O–H groups in total. The van der Waals surface area contributed by atoms with E-state index in [4.69, 9.17) is 34.8 Å². The Balaban J connectivity index is 1.85. The Morgan fingerprint density at radius 3 is 1.93 bits per heavy atom. The number of benzene rings is 4. The van der Waals surface area contributed by atoms with Crippen LogP contribution in [-0.4, -0.2) is 43.8 Å². The van der Waals surface area contributed by atoms with E-state index in [9.17, 15) is 18.0 Å². The van der Waals surface area contributed by atoms with Crippen LogP contribution in [0.3, 0.4) is 0 Å². The number of nitrogens with zero attached hydrogens (tertiary/aromatic N) is 2. The molecular weight excluding hydrogens is 653 g/mol. The minimum Gasteiger partial charge on any atom is -0.352 e. The maximum atomic E-state index is 14.5. The lowest BCUT2D eigenvalue weighted by molar-refractivity contribution is -0.140. The Morgan fingerprint density at radius 1 is 0.778 bits per heavy atom. The zero-order valence-electron chi connectivity index (χ0n) is 24.9. The van der Waals surface area contributed by atoms with Gasteiger partial charge >= 0.3 is 0 Å². The van der Waals surface area contributed by atoms with Gasteiger partial charge in [0.1, 0.15) is 12.6 Å². The van der Waals surface area contributed by atoms with E-state index in [0.29, 0.717) is 22.0 Å². The highest BCUT2D eigenvalue weighted by molar-refractivity contribution is 7.92. The number of anilines is 1. The maximum Gasteiger partial charge on any atom is 0.264 e. The van der Waals surface area contributed by atoms with E-state index in [1.165, 1.54) is 23.1 Å². The number of carbonyl (C=O) groups excluding carboxylic acids is 2. The van der Waals surface area contributed by atoms with Crippen molar-refractivity contribution in [1.29, 1.82) is 0 Å². The number of nitrogens with one attached hydrogen (secondary N) is 1. The van der Waals surface area contributed by atoms with Crippen molar-refractivity contribution in [2.75, 3.05) is 10.8 Å². The van der Waals surface area contributed by atoms with Gasteiger partial charge < -0.3 is 10.2 Å². The SMILES string of the molecule is CCC(C)NC(=O)C(Cc1ccccc1)N(Cc1c(Cl)cccc1Cl)C(=O)CN(c1ccccc1Cl)S(=O)(=O)c1ccccc1. The van der Waals surface area contributed by atoms with Gasteiger partial charge in [-0.25, -0.2) is 8.42 Å². The van der Waals surface area contributed by atoms with Gasteiger partial charge in [-0.1, -0.05) is 108 Å². The first-order chi connectivity index (χ1) is 21.5. The minimum absolute atomic E-state index is 0.0197. The van der Waals surface area contributed by atoms with Gasteiger partial charge in [-0.3, -0.25) is 13.9 Å². The molecule has 0 saturated heterocycles. The van der Waals surface area contributed by atoms with Gasteiger partial charge in [-0.05, 0) is 55.3 Å². The molecule has 0 heterocycles. The van der Waals surface area contributed by atoms with Crippen LogP contribution in [0.4, 0.5) is 5.69 Å². The third kappa shape index (κ3) is 8.58. The number of amides is 2. The number of carbonyl (C=O) groups is 2. The first-order valence-corrected chi connectivity index (χ1v) is 17.0. The van der Waals surface area contributed by atoms with Gasteiger partial charge in [0.15, 0.2) is 0 Å². The Kier molecular flexibility index (Phi) is 11.9. The fourth-order valence-electron chi connectivity index (χ4n) is 4.74. The molecule has 0 aromatic heterocycles. The summed E-state index contributed by atoms with van der Waals surface area (Å²) in [7, 11) is -4.27. The molecule has 4 aromatic rings. The predicted octanol–water partition coefficient (Wildman–Crippen LogP) is 7.40. The molecule has 0 aliphatic carbocycles. The standard InChI is InChI=1S/C34H34Cl3N3O4S/c1-3-24(2)38-34(42)32(21-25-13-6-4-7-14-25)39(22-27-28(35)18-12-19-29(27)36)33(41)23-40(31-20-11-10-17-30(31)37)45(43,44)26-15-8-5-9-16-26/h4-20,24,32H,3,21-23H2,1-2H3,(H,38,42). The summed E-state index contributed by atoms with van der Waals surface area (Å²) in [6, 6.07) is 27.2. The van der Waals surface area contributed by atoms with E-state index in [1.54, 1.807) is 54.6 Å². The highest BCUT2D eigenvalue weighted by Crippen LogP contribution is 2.32. The fourth-order valence-corrected chi connectivity index (χ4v) is 6.99. The van der Waals surface area contributed by atoms with Crippen LogP contribution in [0.2, 0.25) is 15.1 Å². The topological polar surface area (TPSA) is 86.8 Å². The highest BCUT2D eigenvalue weighted by atomic mass is 35.5. The average molecular weight is 687 g/mol. The molecule has 7 nitrogen and oxygen atoms in total. The van der Waals surface area contributed by atoms with Crippen molar-refractivity contribution < 1.29 is 18.0 Å². The largest absolute Gasteiger partial charge is 0.352 e. The second-order valence-electron chi connectivity index (χ2n) is 10.5. The number of halogens is 3. The van der Waals surface area contributed by atoms with Gasteiger partial charge in [0, 0.05) is 34.6 Å². The molecule has 2 unspecified atom stereocenters. The summed E-state index contributed by atoms with van der Waals surface area (Å²) in [5, 5.41) is 3.75. The molecule has 2 atom stereocenters. The zero-order valence-corrected chi connectivity index (χ0v) is 28.0. The smallest absolute Gasteiger partial charge is 0.264 e. The maximum absolute atomic E-state index is 14.5. The van der Waals surface area contributed by atoms with Gasteiger partial charge in [0.2, 0.25) is 11.8 Å². The van der Waals surface area contributed by atoms with Crippen LogP contribution in [-0.2, 0) is 32.6 Å². The van der Waals surface area contributed by atoms with E-state index in [1.807, 2.05) is 44.2 Å². The van der Waals surface area contributed by atoms with E-state index >= 15 is 0 Å². The second-order valence-corrected chi connectivity index (χ2v) is 13.6. The quantitative estimate of drug-likeness (QED) is 0.159. The van der Waals surface area contributed by atoms with Crippen LogP contribution in [0.15, 0.2) is 108 Å². The Bertz CT molecular complexity index is 1700. The van der Waals surface area contributed by atoms with E-state index in [2.05, 4.69) is 5.32 Å². The summed E-state index contributed by atoms with van der Waals surface area (Å²) < 4.78 is 29.1. The molecule has 0 aliphatic rings. The summed E-state index contributed by atoms with van der Waals surface area (Å²) in [5.41, 5.74) is 1.36. The predicted molar refractivity (Wildman–Crippen MR) is 181 cm³/mol. The molecule has 236 valence electrons. The van der Waals surface area contributed by atoms with Crippen molar-refractivity contribution in [3.63, 3.8) is 0 Å². The van der Waals surface area contributed by atoms with Crippen molar-refractivity contribution in [2.45, 2.75) is 50.2 Å². The molecule has 4 aromatic carbocycles. The van der Waals surface area contributed by atoms with Crippen LogP contribution in [0.25, 0.3) is 0 Å². The third-order valence-corrected chi connectivity index (χ3v) is 10.2. The normalized spacial score (nSPS) is 12.6. The van der Waals surface area contributed by atoms with Crippen molar-refractivity contribution >= 4 is 62.3 Å². The summed E-state index contributed by atoms with van der Waals surface area (Å²) in [4.78, 5) is 29.8. The molecule has 0 bridgehead atoms. The molecule has 0 radical (unpaired) electrons. The fraction of sp³-hybridized carbons (Fsp3) is 0.235. The van der Waals surface area contributed by atoms with E-state index < -0.39 is 28.5 Å². The van der Waals surface area contributed by atoms with Gasteiger partial charge in [0.25, 0.3) is 10.0 Å². The Hall–Kier alpha value is -3.56. The summed E-state index contributed by atoms with van der Waals surface area (Å²) in [6.07, 6.45) is 0.831. The molecule has 45 heavy (non-hydrogen) atoms. The van der Waals surface area contributed by atoms with Crippen molar-refractivity contribution in [3.05, 3.63) is 129 Å². The van der Waals surface area contributed by atoms with Crippen molar-refractivity contribution in [2.24, 2.45) is 0 Å². The molecule has 11 heteroatoms. The van der Waals surface area contributed by atoms with Crippen LogP contribution in [0, 0.1) is 0 Å². The highest BCUT2D eigenvalue weighted by Gasteiger charge is 2.36. The molecular formula is C34H34Cl3N3O4S. The van der Waals surface area contributed by atoms with Crippen LogP contribution in [0.5, 0.6) is 0 Å².